The first-order valence-corrected chi connectivity index (χ1v) is 9.65. The second-order valence-electron chi connectivity index (χ2n) is 7.78. The van der Waals surface area contributed by atoms with Gasteiger partial charge in [0.2, 0.25) is 0 Å². The van der Waals surface area contributed by atoms with Crippen molar-refractivity contribution in [2.45, 2.75) is 26.4 Å². The van der Waals surface area contributed by atoms with Gasteiger partial charge in [-0.3, -0.25) is 5.32 Å². The molecule has 3 rings (SSSR count). The van der Waals surface area contributed by atoms with Gasteiger partial charge in [0, 0.05) is 28.7 Å². The molecule has 0 unspecified atom stereocenters. The Bertz CT molecular complexity index is 1080. The zero-order valence-corrected chi connectivity index (χ0v) is 16.9. The van der Waals surface area contributed by atoms with Gasteiger partial charge in [-0.15, -0.1) is 0 Å². The number of aromatic hydroxyl groups is 1. The first-order chi connectivity index (χ1) is 14.4. The Morgan fingerprint density at radius 2 is 1.77 bits per heavy atom. The number of fused-ring (bicyclic) bond motifs is 1. The summed E-state index contributed by atoms with van der Waals surface area (Å²) in [6.45, 7) is 3.79. The topological polar surface area (TPSA) is 103 Å². The first kappa shape index (κ1) is 21.2. The second kappa shape index (κ2) is 8.85. The number of nitrogens with one attached hydrogen (secondary N) is 1. The van der Waals surface area contributed by atoms with Gasteiger partial charge in [0.25, 0.3) is 0 Å². The number of amides is 1. The number of hydrogen-bond donors (Lipinski definition) is 3. The summed E-state index contributed by atoms with van der Waals surface area (Å²) in [5.41, 5.74) is 1.17. The normalized spacial score (nSPS) is 12.2. The Kier molecular flexibility index (Phi) is 6.24. The highest BCUT2D eigenvalue weighted by molar-refractivity contribution is 5.91. The van der Waals surface area contributed by atoms with Gasteiger partial charge in [0.05, 0.1) is 11.6 Å². The average Bonchev–Trinajstić information content (AvgIpc) is 2.73. The van der Waals surface area contributed by atoms with Crippen molar-refractivity contribution in [2.75, 3.05) is 11.9 Å². The van der Waals surface area contributed by atoms with E-state index < -0.39 is 17.6 Å². The molecule has 6 heteroatoms. The maximum absolute atomic E-state index is 12.7. The van der Waals surface area contributed by atoms with Gasteiger partial charge < -0.3 is 14.9 Å². The molecular formula is C24H24N2O4. The summed E-state index contributed by atoms with van der Waals surface area (Å²) in [5.74, 6) is 0.148. The zero-order chi connectivity index (χ0) is 21.7. The fourth-order valence-electron chi connectivity index (χ4n) is 3.48. The summed E-state index contributed by atoms with van der Waals surface area (Å²) in [6.07, 6.45) is -0.904. The van der Waals surface area contributed by atoms with E-state index in [0.29, 0.717) is 23.1 Å². The van der Waals surface area contributed by atoms with E-state index in [1.54, 1.807) is 42.5 Å². The summed E-state index contributed by atoms with van der Waals surface area (Å²) in [7, 11) is 0. The van der Waals surface area contributed by atoms with Crippen LogP contribution in [0.4, 0.5) is 10.5 Å². The lowest BCUT2D eigenvalue weighted by Gasteiger charge is -2.34. The van der Waals surface area contributed by atoms with Crippen LogP contribution in [0.3, 0.4) is 0 Å². The van der Waals surface area contributed by atoms with E-state index in [2.05, 4.69) is 5.32 Å². The Morgan fingerprint density at radius 1 is 1.10 bits per heavy atom. The molecule has 0 aromatic heterocycles. The minimum absolute atomic E-state index is 0.0554. The largest absolute Gasteiger partial charge is 0.507 e. The van der Waals surface area contributed by atoms with Gasteiger partial charge in [-0.05, 0) is 42.1 Å². The third kappa shape index (κ3) is 4.53. The summed E-state index contributed by atoms with van der Waals surface area (Å²) in [5, 5.41) is 32.8. The number of phenols is 1. The quantitative estimate of drug-likeness (QED) is 0.529. The van der Waals surface area contributed by atoms with Crippen molar-refractivity contribution in [1.82, 2.24) is 0 Å². The van der Waals surface area contributed by atoms with Gasteiger partial charge in [0.1, 0.15) is 11.9 Å². The molecule has 0 aliphatic rings. The van der Waals surface area contributed by atoms with E-state index in [0.717, 1.165) is 10.9 Å². The molecule has 3 aromatic rings. The van der Waals surface area contributed by atoms with Crippen LogP contribution >= 0.6 is 0 Å². The van der Waals surface area contributed by atoms with Gasteiger partial charge in [-0.25, -0.2) is 4.79 Å². The predicted molar refractivity (Wildman–Crippen MR) is 115 cm³/mol. The maximum atomic E-state index is 12.7. The second-order valence-corrected chi connectivity index (χ2v) is 7.78. The number of ether oxygens (including phenoxy) is 1. The van der Waals surface area contributed by atoms with Gasteiger partial charge >= 0.3 is 6.09 Å². The molecule has 0 radical (unpaired) electrons. The Hall–Kier alpha value is -3.56. The van der Waals surface area contributed by atoms with Crippen molar-refractivity contribution >= 4 is 22.6 Å². The first-order valence-electron chi connectivity index (χ1n) is 9.65. The van der Waals surface area contributed by atoms with Crippen LogP contribution in [-0.4, -0.2) is 22.9 Å². The van der Waals surface area contributed by atoms with Crippen LogP contribution in [0.1, 0.15) is 37.5 Å². The van der Waals surface area contributed by atoms with Crippen LogP contribution in [0, 0.1) is 16.7 Å². The molecule has 0 heterocycles. The molecule has 6 nitrogen and oxygen atoms in total. The highest BCUT2D eigenvalue weighted by atomic mass is 16.6. The molecule has 0 aliphatic carbocycles. The molecule has 1 amide bonds. The number of hydrogen-bond acceptors (Lipinski definition) is 5. The lowest BCUT2D eigenvalue weighted by Crippen LogP contribution is -2.30. The van der Waals surface area contributed by atoms with E-state index in [9.17, 15) is 15.0 Å². The number of carbonyl (C=O) groups is 1. The van der Waals surface area contributed by atoms with Gasteiger partial charge in [-0.2, -0.15) is 5.26 Å². The van der Waals surface area contributed by atoms with Crippen molar-refractivity contribution < 1.29 is 19.7 Å². The number of aliphatic hydroxyl groups is 1. The van der Waals surface area contributed by atoms with E-state index in [-0.39, 0.29) is 12.4 Å². The number of aliphatic hydroxyl groups excluding tert-OH is 1. The van der Waals surface area contributed by atoms with Crippen molar-refractivity contribution in [1.29, 1.82) is 5.26 Å². The molecule has 0 saturated heterocycles. The summed E-state index contributed by atoms with van der Waals surface area (Å²) < 4.78 is 5.85. The molecule has 3 N–H and O–H groups in total. The summed E-state index contributed by atoms with van der Waals surface area (Å²) in [6, 6.07) is 19.2. The van der Waals surface area contributed by atoms with Crippen molar-refractivity contribution in [3.8, 4) is 11.8 Å². The number of carbonyl (C=O) groups excluding carboxylic acids is 1. The number of anilines is 1. The summed E-state index contributed by atoms with van der Waals surface area (Å²) in [4.78, 5) is 12.7. The fraction of sp³-hybridized carbons (Fsp3) is 0.250. The minimum atomic E-state index is -0.673. The fourth-order valence-corrected chi connectivity index (χ4v) is 3.48. The monoisotopic (exact) mass is 404 g/mol. The van der Waals surface area contributed by atoms with Crippen LogP contribution in [0.5, 0.6) is 5.75 Å². The molecule has 3 aromatic carbocycles. The van der Waals surface area contributed by atoms with Crippen LogP contribution in [0.2, 0.25) is 0 Å². The SMILES string of the molecule is CC(C)(CCO)[C@H](OC(=O)Nc1ccc(C#N)cc1)c1ccc(O)c2ccccc12. The highest BCUT2D eigenvalue weighted by Crippen LogP contribution is 2.43. The van der Waals surface area contributed by atoms with Crippen molar-refractivity contribution in [2.24, 2.45) is 5.41 Å². The number of benzene rings is 3. The highest BCUT2D eigenvalue weighted by Gasteiger charge is 2.35. The van der Waals surface area contributed by atoms with Crippen LogP contribution in [0.15, 0.2) is 60.7 Å². The number of nitrogens with zero attached hydrogens (tertiary/aromatic N) is 1. The number of nitriles is 1. The Labute approximate surface area is 175 Å². The average molecular weight is 404 g/mol. The molecule has 0 bridgehead atoms. The van der Waals surface area contributed by atoms with Gasteiger partial charge in [-0.1, -0.05) is 44.2 Å². The lowest BCUT2D eigenvalue weighted by molar-refractivity contribution is 0.0161. The van der Waals surface area contributed by atoms with E-state index >= 15 is 0 Å². The molecule has 0 saturated carbocycles. The number of phenolic OH excluding ortho intramolecular Hbond substituents is 1. The zero-order valence-electron chi connectivity index (χ0n) is 16.9. The molecular weight excluding hydrogens is 380 g/mol. The molecule has 0 aliphatic heterocycles. The van der Waals surface area contributed by atoms with Crippen LogP contribution in [-0.2, 0) is 4.74 Å². The molecule has 0 fully saturated rings. The smallest absolute Gasteiger partial charge is 0.412 e. The lowest BCUT2D eigenvalue weighted by atomic mass is 9.78. The molecule has 30 heavy (non-hydrogen) atoms. The number of rotatable bonds is 6. The van der Waals surface area contributed by atoms with E-state index in [1.165, 1.54) is 0 Å². The summed E-state index contributed by atoms with van der Waals surface area (Å²) >= 11 is 0. The molecule has 0 spiro atoms. The minimum Gasteiger partial charge on any atom is -0.507 e. The van der Waals surface area contributed by atoms with Gasteiger partial charge in [0.15, 0.2) is 0 Å². The predicted octanol–water partition coefficient (Wildman–Crippen LogP) is 5.12. The molecule has 1 atom stereocenters. The van der Waals surface area contributed by atoms with Crippen LogP contribution in [0.25, 0.3) is 10.8 Å². The Morgan fingerprint density at radius 3 is 2.40 bits per heavy atom. The third-order valence-electron chi connectivity index (χ3n) is 5.17. The molecule has 154 valence electrons. The van der Waals surface area contributed by atoms with Crippen molar-refractivity contribution in [3.63, 3.8) is 0 Å². The van der Waals surface area contributed by atoms with E-state index in [4.69, 9.17) is 10.00 Å². The third-order valence-corrected chi connectivity index (χ3v) is 5.17. The van der Waals surface area contributed by atoms with Crippen molar-refractivity contribution in [3.05, 3.63) is 71.8 Å². The van der Waals surface area contributed by atoms with Crippen LogP contribution < -0.4 is 5.32 Å². The maximum Gasteiger partial charge on any atom is 0.412 e. The van der Waals surface area contributed by atoms with E-state index in [1.807, 2.05) is 38.1 Å². The Balaban J connectivity index is 1.95. The standard InChI is InChI=1S/C24H24N2O4/c1-24(2,13-14-27)22(20-11-12-21(28)19-6-4-3-5-18(19)20)30-23(29)26-17-9-7-16(15-25)8-10-17/h3-12,22,27-28H,13-14H2,1-2H3,(H,26,29)/t22-/m1/s1.